The number of amides is 3. The van der Waals surface area contributed by atoms with Crippen molar-refractivity contribution in [3.05, 3.63) is 47.5 Å². The molecule has 4 rings (SSSR count). The largest absolute Gasteiger partial charge is 0.352 e. The number of imide groups is 1. The molecule has 2 aromatic carbocycles. The van der Waals surface area contributed by atoms with Crippen molar-refractivity contribution >= 4 is 28.5 Å². The van der Waals surface area contributed by atoms with E-state index in [-0.39, 0.29) is 30.3 Å². The summed E-state index contributed by atoms with van der Waals surface area (Å²) in [5.74, 6) is -0.578. The van der Waals surface area contributed by atoms with Crippen LogP contribution in [0.1, 0.15) is 46.4 Å². The first-order valence-electron chi connectivity index (χ1n) is 9.53. The molecule has 0 spiro atoms. The van der Waals surface area contributed by atoms with Gasteiger partial charge in [0.1, 0.15) is 0 Å². The van der Waals surface area contributed by atoms with Crippen LogP contribution >= 0.6 is 0 Å². The van der Waals surface area contributed by atoms with Gasteiger partial charge in [0.15, 0.2) is 0 Å². The van der Waals surface area contributed by atoms with E-state index in [1.54, 1.807) is 12.1 Å². The minimum absolute atomic E-state index is 0.0249. The molecule has 6 heteroatoms. The topological polar surface area (TPSA) is 78.5 Å². The summed E-state index contributed by atoms with van der Waals surface area (Å²) >= 11 is 0. The molecule has 1 fully saturated rings. The molecule has 2 aliphatic heterocycles. The fourth-order valence-electron chi connectivity index (χ4n) is 3.96. The Bertz CT molecular complexity index is 852. The van der Waals surface area contributed by atoms with Crippen molar-refractivity contribution in [3.63, 3.8) is 0 Å². The Hall–Kier alpha value is -2.73. The standard InChI is InChI=1S/C21H23N3O3/c25-18(23-15-7-3-11-22-13-15)10-4-12-24-20(26)16-8-1-5-14-6-2-9-17(19(14)16)21(24)27/h1-2,5-6,8-9,15,22H,3-4,7,10-13H2,(H,23,25). The first-order valence-corrected chi connectivity index (χ1v) is 9.53. The van der Waals surface area contributed by atoms with E-state index >= 15 is 0 Å². The quantitative estimate of drug-likeness (QED) is 0.796. The molecule has 3 amide bonds. The zero-order valence-corrected chi connectivity index (χ0v) is 15.2. The van der Waals surface area contributed by atoms with Gasteiger partial charge in [-0.3, -0.25) is 19.3 Å². The Kier molecular flexibility index (Phi) is 4.90. The molecular weight excluding hydrogens is 342 g/mol. The summed E-state index contributed by atoms with van der Waals surface area (Å²) in [6, 6.07) is 11.2. The molecule has 2 heterocycles. The molecule has 0 saturated carbocycles. The molecule has 140 valence electrons. The van der Waals surface area contributed by atoms with E-state index in [4.69, 9.17) is 0 Å². The summed E-state index contributed by atoms with van der Waals surface area (Å²) in [5.41, 5.74) is 1.11. The average molecular weight is 365 g/mol. The molecule has 0 bridgehead atoms. The van der Waals surface area contributed by atoms with Crippen LogP contribution < -0.4 is 10.6 Å². The monoisotopic (exact) mass is 365 g/mol. The van der Waals surface area contributed by atoms with Crippen molar-refractivity contribution < 1.29 is 14.4 Å². The smallest absolute Gasteiger partial charge is 0.261 e. The maximum Gasteiger partial charge on any atom is 0.261 e. The fourth-order valence-corrected chi connectivity index (χ4v) is 3.96. The molecular formula is C21H23N3O3. The maximum absolute atomic E-state index is 12.8. The minimum atomic E-state index is -0.277. The summed E-state index contributed by atoms with van der Waals surface area (Å²) in [4.78, 5) is 39.0. The molecule has 2 aliphatic rings. The van der Waals surface area contributed by atoms with E-state index in [1.165, 1.54) is 4.90 Å². The van der Waals surface area contributed by atoms with E-state index in [2.05, 4.69) is 10.6 Å². The summed E-state index contributed by atoms with van der Waals surface area (Å²) in [6.45, 7) is 2.05. The van der Waals surface area contributed by atoms with Crippen LogP contribution in [-0.4, -0.2) is 48.3 Å². The Morgan fingerprint density at radius 1 is 1.11 bits per heavy atom. The lowest BCUT2D eigenvalue weighted by Gasteiger charge is -2.27. The molecule has 0 radical (unpaired) electrons. The zero-order valence-electron chi connectivity index (χ0n) is 15.2. The third-order valence-electron chi connectivity index (χ3n) is 5.30. The van der Waals surface area contributed by atoms with Crippen molar-refractivity contribution in [1.82, 2.24) is 15.5 Å². The second-order valence-electron chi connectivity index (χ2n) is 7.19. The Labute approximate surface area is 157 Å². The Balaban J connectivity index is 1.41. The van der Waals surface area contributed by atoms with Crippen LogP contribution in [0.2, 0.25) is 0 Å². The van der Waals surface area contributed by atoms with E-state index in [0.29, 0.717) is 24.0 Å². The third-order valence-corrected chi connectivity index (χ3v) is 5.30. The van der Waals surface area contributed by atoms with Gasteiger partial charge in [-0.2, -0.15) is 0 Å². The van der Waals surface area contributed by atoms with Crippen molar-refractivity contribution in [2.75, 3.05) is 19.6 Å². The Morgan fingerprint density at radius 2 is 1.81 bits per heavy atom. The van der Waals surface area contributed by atoms with Gasteiger partial charge in [0.25, 0.3) is 11.8 Å². The summed E-state index contributed by atoms with van der Waals surface area (Å²) in [7, 11) is 0. The van der Waals surface area contributed by atoms with Crippen LogP contribution in [0, 0.1) is 0 Å². The summed E-state index contributed by atoms with van der Waals surface area (Å²) in [5, 5.41) is 7.91. The SMILES string of the molecule is O=C(CCCN1C(=O)c2cccc3cccc(c23)C1=O)NC1CCCNC1. The molecule has 2 aromatic rings. The first-order chi connectivity index (χ1) is 13.1. The van der Waals surface area contributed by atoms with E-state index in [0.717, 1.165) is 36.7 Å². The number of carbonyl (C=O) groups is 3. The number of nitrogens with one attached hydrogen (secondary N) is 2. The van der Waals surface area contributed by atoms with Crippen molar-refractivity contribution in [3.8, 4) is 0 Å². The van der Waals surface area contributed by atoms with Gasteiger partial charge >= 0.3 is 0 Å². The number of carbonyl (C=O) groups excluding carboxylic acids is 3. The van der Waals surface area contributed by atoms with E-state index in [1.807, 2.05) is 24.3 Å². The van der Waals surface area contributed by atoms with Gasteiger partial charge < -0.3 is 10.6 Å². The number of rotatable bonds is 5. The van der Waals surface area contributed by atoms with Crippen LogP contribution in [-0.2, 0) is 4.79 Å². The molecule has 0 aliphatic carbocycles. The van der Waals surface area contributed by atoms with Crippen molar-refractivity contribution in [1.29, 1.82) is 0 Å². The molecule has 1 atom stereocenters. The normalized spacial score (nSPS) is 19.4. The van der Waals surface area contributed by atoms with Gasteiger partial charge in [-0.1, -0.05) is 24.3 Å². The predicted octanol–water partition coefficient (Wildman–Crippen LogP) is 2.08. The van der Waals surface area contributed by atoms with Crippen LogP contribution in [0.3, 0.4) is 0 Å². The first kappa shape index (κ1) is 17.7. The van der Waals surface area contributed by atoms with Crippen LogP contribution in [0.4, 0.5) is 0 Å². The molecule has 27 heavy (non-hydrogen) atoms. The van der Waals surface area contributed by atoms with Gasteiger partial charge in [0, 0.05) is 42.1 Å². The van der Waals surface area contributed by atoms with Crippen molar-refractivity contribution in [2.45, 2.75) is 31.7 Å². The van der Waals surface area contributed by atoms with Crippen LogP contribution in [0.15, 0.2) is 36.4 Å². The van der Waals surface area contributed by atoms with Crippen molar-refractivity contribution in [2.24, 2.45) is 0 Å². The predicted molar refractivity (Wildman–Crippen MR) is 103 cm³/mol. The van der Waals surface area contributed by atoms with Gasteiger partial charge in [0.05, 0.1) is 0 Å². The fraction of sp³-hybridized carbons (Fsp3) is 0.381. The molecule has 6 nitrogen and oxygen atoms in total. The number of hydrogen-bond donors (Lipinski definition) is 2. The summed E-state index contributed by atoms with van der Waals surface area (Å²) in [6.07, 6.45) is 2.82. The zero-order chi connectivity index (χ0) is 18.8. The van der Waals surface area contributed by atoms with Gasteiger partial charge in [-0.05, 0) is 43.3 Å². The highest BCUT2D eigenvalue weighted by Gasteiger charge is 2.32. The number of benzene rings is 2. The third kappa shape index (κ3) is 3.45. The Morgan fingerprint density at radius 3 is 2.44 bits per heavy atom. The molecule has 2 N–H and O–H groups in total. The summed E-state index contributed by atoms with van der Waals surface area (Å²) < 4.78 is 0. The number of piperidine rings is 1. The lowest BCUT2D eigenvalue weighted by atomic mass is 9.94. The molecule has 1 unspecified atom stereocenters. The highest BCUT2D eigenvalue weighted by atomic mass is 16.2. The average Bonchev–Trinajstić information content (AvgIpc) is 2.69. The lowest BCUT2D eigenvalue weighted by Crippen LogP contribution is -2.46. The second kappa shape index (κ2) is 7.48. The second-order valence-corrected chi connectivity index (χ2v) is 7.19. The van der Waals surface area contributed by atoms with Gasteiger partial charge in [-0.25, -0.2) is 0 Å². The number of hydrogen-bond acceptors (Lipinski definition) is 4. The van der Waals surface area contributed by atoms with Gasteiger partial charge in [0.2, 0.25) is 5.91 Å². The highest BCUT2D eigenvalue weighted by molar-refractivity contribution is 6.25. The lowest BCUT2D eigenvalue weighted by molar-refractivity contribution is -0.122. The highest BCUT2D eigenvalue weighted by Crippen LogP contribution is 2.30. The minimum Gasteiger partial charge on any atom is -0.352 e. The molecule has 0 aromatic heterocycles. The molecule has 1 saturated heterocycles. The van der Waals surface area contributed by atoms with Crippen LogP contribution in [0.25, 0.3) is 10.8 Å². The maximum atomic E-state index is 12.8. The number of nitrogens with zero attached hydrogens (tertiary/aromatic N) is 1. The van der Waals surface area contributed by atoms with E-state index < -0.39 is 0 Å². The van der Waals surface area contributed by atoms with E-state index in [9.17, 15) is 14.4 Å². The van der Waals surface area contributed by atoms with Crippen LogP contribution in [0.5, 0.6) is 0 Å². The van der Waals surface area contributed by atoms with Gasteiger partial charge in [-0.15, -0.1) is 0 Å².